The molecule has 0 unspecified atom stereocenters. The van der Waals surface area contributed by atoms with Crippen LogP contribution in [0.4, 0.5) is 0 Å². The van der Waals surface area contributed by atoms with Crippen LogP contribution in [0.3, 0.4) is 0 Å². The lowest BCUT2D eigenvalue weighted by atomic mass is 10.1. The third kappa shape index (κ3) is 2.17. The van der Waals surface area contributed by atoms with Gasteiger partial charge in [0.2, 0.25) is 0 Å². The van der Waals surface area contributed by atoms with E-state index in [1.54, 1.807) is 0 Å². The first-order chi connectivity index (χ1) is 7.42. The highest BCUT2D eigenvalue weighted by Gasteiger charge is 2.00. The standard InChI is InChI=1S/C12H13N3/c13-6-2-7-14-9-11-4-1-3-10-5-8-15-12(10)11/h1,3-5,8,14-15H,2,7,9H2. The lowest BCUT2D eigenvalue weighted by Crippen LogP contribution is -2.14. The molecule has 0 atom stereocenters. The minimum atomic E-state index is 0.556. The molecule has 0 amide bonds. The molecule has 2 N–H and O–H groups in total. The largest absolute Gasteiger partial charge is 0.361 e. The van der Waals surface area contributed by atoms with Crippen LogP contribution >= 0.6 is 0 Å². The maximum Gasteiger partial charge on any atom is 0.0635 e. The molecule has 0 fully saturated rings. The van der Waals surface area contributed by atoms with Crippen molar-refractivity contribution in [3.05, 3.63) is 36.0 Å². The molecular formula is C12H13N3. The minimum Gasteiger partial charge on any atom is -0.361 e. The van der Waals surface area contributed by atoms with Gasteiger partial charge in [0.05, 0.1) is 6.07 Å². The predicted octanol–water partition coefficient (Wildman–Crippen LogP) is 2.17. The average Bonchev–Trinajstić information content (AvgIpc) is 2.73. The molecule has 3 nitrogen and oxygen atoms in total. The number of hydrogen-bond donors (Lipinski definition) is 2. The van der Waals surface area contributed by atoms with E-state index in [9.17, 15) is 0 Å². The summed E-state index contributed by atoms with van der Waals surface area (Å²) in [5.74, 6) is 0. The third-order valence-electron chi connectivity index (χ3n) is 2.40. The van der Waals surface area contributed by atoms with Crippen molar-refractivity contribution in [2.24, 2.45) is 0 Å². The SMILES string of the molecule is N#CCCNCc1cccc2cc[nH]c12. The van der Waals surface area contributed by atoms with Crippen LogP contribution in [0.15, 0.2) is 30.5 Å². The summed E-state index contributed by atoms with van der Waals surface area (Å²) in [5, 5.41) is 12.9. The van der Waals surface area contributed by atoms with Crippen molar-refractivity contribution >= 4 is 10.9 Å². The quantitative estimate of drug-likeness (QED) is 0.741. The second kappa shape index (κ2) is 4.63. The van der Waals surface area contributed by atoms with Gasteiger partial charge in [0.25, 0.3) is 0 Å². The van der Waals surface area contributed by atoms with Gasteiger partial charge in [-0.1, -0.05) is 18.2 Å². The number of fused-ring (bicyclic) bond motifs is 1. The van der Waals surface area contributed by atoms with Gasteiger partial charge < -0.3 is 10.3 Å². The number of benzene rings is 1. The number of para-hydroxylation sites is 1. The lowest BCUT2D eigenvalue weighted by Gasteiger charge is -2.03. The summed E-state index contributed by atoms with van der Waals surface area (Å²) >= 11 is 0. The summed E-state index contributed by atoms with van der Waals surface area (Å²) in [6.07, 6.45) is 2.50. The van der Waals surface area contributed by atoms with Crippen LogP contribution in [0.1, 0.15) is 12.0 Å². The van der Waals surface area contributed by atoms with Gasteiger partial charge >= 0.3 is 0 Å². The zero-order chi connectivity index (χ0) is 10.5. The highest BCUT2D eigenvalue weighted by Crippen LogP contribution is 2.16. The fraction of sp³-hybridized carbons (Fsp3) is 0.250. The van der Waals surface area contributed by atoms with Crippen molar-refractivity contribution in [1.82, 2.24) is 10.3 Å². The highest BCUT2D eigenvalue weighted by molar-refractivity contribution is 5.82. The zero-order valence-corrected chi connectivity index (χ0v) is 8.46. The Morgan fingerprint density at radius 2 is 2.27 bits per heavy atom. The molecule has 76 valence electrons. The number of nitrogens with zero attached hydrogens (tertiary/aromatic N) is 1. The Kier molecular flexibility index (Phi) is 3.01. The first-order valence-corrected chi connectivity index (χ1v) is 5.04. The molecule has 1 aromatic carbocycles. The first-order valence-electron chi connectivity index (χ1n) is 5.04. The van der Waals surface area contributed by atoms with Gasteiger partial charge in [-0.3, -0.25) is 0 Å². The fourth-order valence-corrected chi connectivity index (χ4v) is 1.66. The molecular weight excluding hydrogens is 186 g/mol. The van der Waals surface area contributed by atoms with Crippen LogP contribution < -0.4 is 5.32 Å². The van der Waals surface area contributed by atoms with E-state index in [1.807, 2.05) is 6.20 Å². The van der Waals surface area contributed by atoms with E-state index in [1.165, 1.54) is 16.5 Å². The second-order valence-electron chi connectivity index (χ2n) is 3.44. The van der Waals surface area contributed by atoms with Crippen molar-refractivity contribution in [1.29, 1.82) is 5.26 Å². The zero-order valence-electron chi connectivity index (χ0n) is 8.46. The first kappa shape index (κ1) is 9.75. The molecule has 2 aromatic rings. The van der Waals surface area contributed by atoms with Crippen molar-refractivity contribution in [3.8, 4) is 6.07 Å². The van der Waals surface area contributed by atoms with E-state index in [4.69, 9.17) is 5.26 Å². The monoisotopic (exact) mass is 199 g/mol. The third-order valence-corrected chi connectivity index (χ3v) is 2.40. The number of nitriles is 1. The van der Waals surface area contributed by atoms with E-state index in [-0.39, 0.29) is 0 Å². The molecule has 0 radical (unpaired) electrons. The van der Waals surface area contributed by atoms with Crippen LogP contribution in [0.25, 0.3) is 10.9 Å². The van der Waals surface area contributed by atoms with Gasteiger partial charge in [0, 0.05) is 31.2 Å². The van der Waals surface area contributed by atoms with Gasteiger partial charge in [0.1, 0.15) is 0 Å². The predicted molar refractivity (Wildman–Crippen MR) is 60.2 cm³/mol. The minimum absolute atomic E-state index is 0.556. The maximum absolute atomic E-state index is 8.41. The Morgan fingerprint density at radius 3 is 3.13 bits per heavy atom. The molecule has 2 rings (SSSR count). The summed E-state index contributed by atoms with van der Waals surface area (Å²) in [5.41, 5.74) is 2.43. The van der Waals surface area contributed by atoms with Crippen LogP contribution in [0, 0.1) is 11.3 Å². The molecule has 0 aliphatic rings. The topological polar surface area (TPSA) is 51.6 Å². The van der Waals surface area contributed by atoms with Gasteiger partial charge in [-0.25, -0.2) is 0 Å². The van der Waals surface area contributed by atoms with E-state index in [0.29, 0.717) is 6.42 Å². The average molecular weight is 199 g/mol. The number of hydrogen-bond acceptors (Lipinski definition) is 2. The van der Waals surface area contributed by atoms with Crippen LogP contribution in [0.5, 0.6) is 0 Å². The fourth-order valence-electron chi connectivity index (χ4n) is 1.66. The molecule has 3 heteroatoms. The van der Waals surface area contributed by atoms with Crippen LogP contribution in [0.2, 0.25) is 0 Å². The van der Waals surface area contributed by atoms with Crippen molar-refractivity contribution < 1.29 is 0 Å². The molecule has 0 aliphatic heterocycles. The van der Waals surface area contributed by atoms with Gasteiger partial charge in [0.15, 0.2) is 0 Å². The summed E-state index contributed by atoms with van der Waals surface area (Å²) in [6.45, 7) is 1.55. The summed E-state index contributed by atoms with van der Waals surface area (Å²) in [7, 11) is 0. The normalized spacial score (nSPS) is 10.3. The molecule has 0 spiro atoms. The molecule has 0 saturated heterocycles. The Labute approximate surface area is 88.7 Å². The van der Waals surface area contributed by atoms with E-state index in [0.717, 1.165) is 13.1 Å². The summed E-state index contributed by atoms with van der Waals surface area (Å²) in [6, 6.07) is 10.4. The van der Waals surface area contributed by atoms with Gasteiger partial charge in [-0.2, -0.15) is 5.26 Å². The smallest absolute Gasteiger partial charge is 0.0635 e. The van der Waals surface area contributed by atoms with E-state index in [2.05, 4.69) is 40.6 Å². The molecule has 15 heavy (non-hydrogen) atoms. The Balaban J connectivity index is 2.08. The second-order valence-corrected chi connectivity index (χ2v) is 3.44. The molecule has 1 heterocycles. The van der Waals surface area contributed by atoms with Crippen LogP contribution in [-0.4, -0.2) is 11.5 Å². The van der Waals surface area contributed by atoms with Crippen molar-refractivity contribution in [2.45, 2.75) is 13.0 Å². The molecule has 0 saturated carbocycles. The number of nitrogens with one attached hydrogen (secondary N) is 2. The Hall–Kier alpha value is -1.79. The number of aromatic nitrogens is 1. The molecule has 0 aliphatic carbocycles. The molecule has 1 aromatic heterocycles. The number of rotatable bonds is 4. The molecule has 0 bridgehead atoms. The maximum atomic E-state index is 8.41. The van der Waals surface area contributed by atoms with Gasteiger partial charge in [-0.05, 0) is 17.0 Å². The Bertz CT molecular complexity index is 479. The van der Waals surface area contributed by atoms with Gasteiger partial charge in [-0.15, -0.1) is 0 Å². The Morgan fingerprint density at radius 1 is 1.33 bits per heavy atom. The van der Waals surface area contributed by atoms with Crippen molar-refractivity contribution in [3.63, 3.8) is 0 Å². The number of H-pyrrole nitrogens is 1. The summed E-state index contributed by atoms with van der Waals surface area (Å²) < 4.78 is 0. The summed E-state index contributed by atoms with van der Waals surface area (Å²) in [4.78, 5) is 3.22. The van der Waals surface area contributed by atoms with Crippen LogP contribution in [-0.2, 0) is 6.54 Å². The van der Waals surface area contributed by atoms with E-state index < -0.39 is 0 Å². The van der Waals surface area contributed by atoms with Crippen molar-refractivity contribution in [2.75, 3.05) is 6.54 Å². The van der Waals surface area contributed by atoms with E-state index >= 15 is 0 Å². The highest BCUT2D eigenvalue weighted by atomic mass is 14.8. The lowest BCUT2D eigenvalue weighted by molar-refractivity contribution is 0.701. The number of aromatic amines is 1.